The fourth-order valence-electron chi connectivity index (χ4n) is 5.82. The second-order valence-corrected chi connectivity index (χ2v) is 8.38. The topological polar surface area (TPSA) is 76.1 Å². The van der Waals surface area contributed by atoms with Gasteiger partial charge in [0.15, 0.2) is 0 Å². The monoisotopic (exact) mass is 367 g/mol. The summed E-state index contributed by atoms with van der Waals surface area (Å²) < 4.78 is 10.4. The van der Waals surface area contributed by atoms with Crippen LogP contribution < -0.4 is 0 Å². The van der Waals surface area contributed by atoms with Crippen LogP contribution in [0.3, 0.4) is 0 Å². The molecular weight excluding hydrogens is 334 g/mol. The maximum atomic E-state index is 13.5. The van der Waals surface area contributed by atoms with Crippen molar-refractivity contribution >= 4 is 11.9 Å². The molecule has 6 heteroatoms. The smallest absolute Gasteiger partial charge is 0.307 e. The zero-order valence-corrected chi connectivity index (χ0v) is 16.0. The molecular formula is C20H33NO5. The molecule has 0 aromatic heterocycles. The predicted octanol–water partition coefficient (Wildman–Crippen LogP) is 1.99. The van der Waals surface area contributed by atoms with Crippen LogP contribution in [-0.4, -0.2) is 61.4 Å². The Kier molecular flexibility index (Phi) is 6.56. The van der Waals surface area contributed by atoms with E-state index in [2.05, 4.69) is 0 Å². The Labute approximate surface area is 156 Å². The van der Waals surface area contributed by atoms with Crippen molar-refractivity contribution in [3.05, 3.63) is 0 Å². The highest BCUT2D eigenvalue weighted by atomic mass is 16.5. The number of ether oxygens (including phenoxy) is 2. The van der Waals surface area contributed by atoms with Gasteiger partial charge in [0.2, 0.25) is 5.91 Å². The second-order valence-electron chi connectivity index (χ2n) is 8.38. The van der Waals surface area contributed by atoms with E-state index in [1.165, 1.54) is 19.3 Å². The number of aliphatic hydroxyl groups excluding tert-OH is 1. The molecule has 6 nitrogen and oxygen atoms in total. The molecule has 0 aromatic carbocycles. The minimum Gasteiger partial charge on any atom is -0.466 e. The van der Waals surface area contributed by atoms with Gasteiger partial charge < -0.3 is 19.5 Å². The normalized spacial score (nSPS) is 31.8. The summed E-state index contributed by atoms with van der Waals surface area (Å²) in [6.45, 7) is 3.66. The van der Waals surface area contributed by atoms with Gasteiger partial charge in [-0.05, 0) is 63.2 Å². The Morgan fingerprint density at radius 1 is 1.04 bits per heavy atom. The lowest BCUT2D eigenvalue weighted by atomic mass is 9.49. The van der Waals surface area contributed by atoms with Crippen LogP contribution in [0, 0.1) is 23.2 Å². The average Bonchev–Trinajstić information content (AvgIpc) is 2.59. The Bertz CT molecular complexity index is 471. The summed E-state index contributed by atoms with van der Waals surface area (Å²) in [6, 6.07) is 0. The molecule has 4 saturated carbocycles. The highest BCUT2D eigenvalue weighted by Gasteiger charge is 2.55. The summed E-state index contributed by atoms with van der Waals surface area (Å²) in [6.07, 6.45) is 7.19. The van der Waals surface area contributed by atoms with Crippen molar-refractivity contribution < 1.29 is 24.2 Å². The third-order valence-corrected chi connectivity index (χ3v) is 6.41. The van der Waals surface area contributed by atoms with E-state index in [4.69, 9.17) is 14.6 Å². The molecule has 1 amide bonds. The van der Waals surface area contributed by atoms with Crippen LogP contribution in [0.1, 0.15) is 51.9 Å². The summed E-state index contributed by atoms with van der Waals surface area (Å²) in [5, 5.41) is 8.86. The minimum atomic E-state index is -0.257. The van der Waals surface area contributed by atoms with Crippen LogP contribution in [0.2, 0.25) is 0 Å². The Hall–Kier alpha value is -1.14. The SMILES string of the molecule is CCOC(=O)CCN(CCOCCO)C(=O)C12CC3CC(CC(C3)C1)C2. The Morgan fingerprint density at radius 2 is 1.65 bits per heavy atom. The first kappa shape index (κ1) is 19.6. The summed E-state index contributed by atoms with van der Waals surface area (Å²) in [4.78, 5) is 27.1. The molecule has 0 aliphatic heterocycles. The summed E-state index contributed by atoms with van der Waals surface area (Å²) in [7, 11) is 0. The van der Waals surface area contributed by atoms with Crippen LogP contribution in [-0.2, 0) is 19.1 Å². The van der Waals surface area contributed by atoms with Crippen molar-refractivity contribution in [2.24, 2.45) is 23.2 Å². The number of carbonyl (C=O) groups is 2. The van der Waals surface area contributed by atoms with Gasteiger partial charge in [-0.1, -0.05) is 0 Å². The number of esters is 1. The van der Waals surface area contributed by atoms with Gasteiger partial charge in [-0.2, -0.15) is 0 Å². The molecule has 0 saturated heterocycles. The fourth-order valence-corrected chi connectivity index (χ4v) is 5.82. The van der Waals surface area contributed by atoms with E-state index in [0.29, 0.717) is 44.1 Å². The van der Waals surface area contributed by atoms with Crippen LogP contribution in [0.5, 0.6) is 0 Å². The van der Waals surface area contributed by atoms with Crippen LogP contribution in [0.15, 0.2) is 0 Å². The first-order valence-corrected chi connectivity index (χ1v) is 10.2. The number of aliphatic hydroxyl groups is 1. The number of carbonyl (C=O) groups excluding carboxylic acids is 2. The van der Waals surface area contributed by atoms with E-state index in [1.54, 1.807) is 6.92 Å². The first-order chi connectivity index (χ1) is 12.6. The zero-order chi connectivity index (χ0) is 18.6. The molecule has 0 spiro atoms. The van der Waals surface area contributed by atoms with Gasteiger partial charge >= 0.3 is 5.97 Å². The van der Waals surface area contributed by atoms with Crippen molar-refractivity contribution in [1.29, 1.82) is 0 Å². The standard InChI is InChI=1S/C20H33NO5/c1-2-26-18(23)3-4-21(5-7-25-8-6-22)19(24)20-12-15-9-16(13-20)11-17(10-15)14-20/h15-17,22H,2-14H2,1H3. The number of hydrogen-bond donors (Lipinski definition) is 1. The van der Waals surface area contributed by atoms with Gasteiger partial charge in [-0.3, -0.25) is 9.59 Å². The van der Waals surface area contributed by atoms with Crippen LogP contribution in [0.4, 0.5) is 0 Å². The number of amides is 1. The number of hydrogen-bond acceptors (Lipinski definition) is 5. The molecule has 0 unspecified atom stereocenters. The van der Waals surface area contributed by atoms with Gasteiger partial charge in [-0.15, -0.1) is 0 Å². The largest absolute Gasteiger partial charge is 0.466 e. The van der Waals surface area contributed by atoms with Crippen molar-refractivity contribution in [2.45, 2.75) is 51.9 Å². The maximum absolute atomic E-state index is 13.5. The maximum Gasteiger partial charge on any atom is 0.307 e. The van der Waals surface area contributed by atoms with Crippen molar-refractivity contribution in [3.8, 4) is 0 Å². The van der Waals surface area contributed by atoms with Gasteiger partial charge in [0.05, 0.1) is 38.3 Å². The lowest BCUT2D eigenvalue weighted by molar-refractivity contribution is -0.159. The van der Waals surface area contributed by atoms with Crippen molar-refractivity contribution in [3.63, 3.8) is 0 Å². The van der Waals surface area contributed by atoms with Gasteiger partial charge in [0.1, 0.15) is 0 Å². The first-order valence-electron chi connectivity index (χ1n) is 10.2. The van der Waals surface area contributed by atoms with Crippen LogP contribution >= 0.6 is 0 Å². The molecule has 148 valence electrons. The summed E-state index contributed by atoms with van der Waals surface area (Å²) >= 11 is 0. The van der Waals surface area contributed by atoms with Gasteiger partial charge in [-0.25, -0.2) is 0 Å². The lowest BCUT2D eigenvalue weighted by Crippen LogP contribution is -2.55. The highest BCUT2D eigenvalue weighted by molar-refractivity contribution is 5.84. The number of nitrogens with zero attached hydrogens (tertiary/aromatic N) is 1. The van der Waals surface area contributed by atoms with Crippen LogP contribution in [0.25, 0.3) is 0 Å². The molecule has 1 N–H and O–H groups in total. The summed E-state index contributed by atoms with van der Waals surface area (Å²) in [5.41, 5.74) is -0.208. The molecule has 0 aromatic rings. The lowest BCUT2D eigenvalue weighted by Gasteiger charge is -2.56. The number of rotatable bonds is 10. The van der Waals surface area contributed by atoms with E-state index in [1.807, 2.05) is 4.90 Å². The third-order valence-electron chi connectivity index (χ3n) is 6.41. The van der Waals surface area contributed by atoms with Crippen molar-refractivity contribution in [1.82, 2.24) is 4.90 Å². The zero-order valence-electron chi connectivity index (χ0n) is 16.0. The minimum absolute atomic E-state index is 0.0221. The Morgan fingerprint density at radius 3 is 2.19 bits per heavy atom. The van der Waals surface area contributed by atoms with E-state index in [9.17, 15) is 9.59 Å². The third kappa shape index (κ3) is 4.39. The van der Waals surface area contributed by atoms with E-state index in [0.717, 1.165) is 19.3 Å². The van der Waals surface area contributed by atoms with Crippen molar-refractivity contribution in [2.75, 3.05) is 39.5 Å². The summed E-state index contributed by atoms with van der Waals surface area (Å²) in [5.74, 6) is 2.09. The van der Waals surface area contributed by atoms with E-state index >= 15 is 0 Å². The molecule has 4 bridgehead atoms. The van der Waals surface area contributed by atoms with E-state index in [-0.39, 0.29) is 36.9 Å². The fraction of sp³-hybridized carbons (Fsp3) is 0.900. The molecule has 0 atom stereocenters. The Balaban J connectivity index is 1.64. The molecule has 4 fully saturated rings. The average molecular weight is 367 g/mol. The molecule has 4 aliphatic carbocycles. The molecule has 26 heavy (non-hydrogen) atoms. The second kappa shape index (κ2) is 8.70. The van der Waals surface area contributed by atoms with E-state index < -0.39 is 0 Å². The molecule has 4 rings (SSSR count). The van der Waals surface area contributed by atoms with Gasteiger partial charge in [0.25, 0.3) is 0 Å². The quantitative estimate of drug-likeness (QED) is 0.472. The molecule has 0 heterocycles. The molecule has 4 aliphatic rings. The highest BCUT2D eigenvalue weighted by Crippen LogP contribution is 2.60. The van der Waals surface area contributed by atoms with Gasteiger partial charge in [0, 0.05) is 13.1 Å². The molecule has 0 radical (unpaired) electrons. The predicted molar refractivity (Wildman–Crippen MR) is 96.3 cm³/mol.